The van der Waals surface area contributed by atoms with Crippen LogP contribution in [0.3, 0.4) is 0 Å². The lowest BCUT2D eigenvalue weighted by atomic mass is 9.88. The highest BCUT2D eigenvalue weighted by Gasteiger charge is 2.14. The maximum absolute atomic E-state index is 11.7. The SMILES string of the molecule is CC(C)C(CCN)CCC(=O)NCc1ncn[nH]1. The number of rotatable bonds is 8. The van der Waals surface area contributed by atoms with Crippen molar-refractivity contribution in [1.29, 1.82) is 0 Å². The van der Waals surface area contributed by atoms with Crippen molar-refractivity contribution in [1.82, 2.24) is 20.5 Å². The minimum absolute atomic E-state index is 0.0501. The summed E-state index contributed by atoms with van der Waals surface area (Å²) >= 11 is 0. The lowest BCUT2D eigenvalue weighted by Crippen LogP contribution is -2.25. The first-order chi connectivity index (χ1) is 8.63. The molecule has 0 spiro atoms. The van der Waals surface area contributed by atoms with Gasteiger partial charge in [-0.05, 0) is 31.2 Å². The van der Waals surface area contributed by atoms with Crippen LogP contribution in [0.1, 0.15) is 38.9 Å². The van der Waals surface area contributed by atoms with Gasteiger partial charge < -0.3 is 11.1 Å². The first kappa shape index (κ1) is 14.6. The van der Waals surface area contributed by atoms with Crippen LogP contribution in [0.2, 0.25) is 0 Å². The summed E-state index contributed by atoms with van der Waals surface area (Å²) in [5.41, 5.74) is 5.58. The number of nitrogens with zero attached hydrogens (tertiary/aromatic N) is 2. The predicted octanol–water partition coefficient (Wildman–Crippen LogP) is 0.822. The molecule has 1 rings (SSSR count). The van der Waals surface area contributed by atoms with Gasteiger partial charge in [-0.1, -0.05) is 13.8 Å². The molecule has 0 aliphatic carbocycles. The Balaban J connectivity index is 2.23. The minimum Gasteiger partial charge on any atom is -0.349 e. The molecular weight excluding hydrogens is 230 g/mol. The summed E-state index contributed by atoms with van der Waals surface area (Å²) in [6, 6.07) is 0. The molecule has 0 radical (unpaired) electrons. The number of aromatic amines is 1. The number of carbonyl (C=O) groups excluding carboxylic acids is 1. The summed E-state index contributed by atoms with van der Waals surface area (Å²) in [6.45, 7) is 5.43. The van der Waals surface area contributed by atoms with Gasteiger partial charge >= 0.3 is 0 Å². The summed E-state index contributed by atoms with van der Waals surface area (Å²) in [4.78, 5) is 15.6. The Morgan fingerprint density at radius 3 is 2.83 bits per heavy atom. The van der Waals surface area contributed by atoms with Gasteiger partial charge in [0.15, 0.2) is 0 Å². The maximum Gasteiger partial charge on any atom is 0.220 e. The summed E-state index contributed by atoms with van der Waals surface area (Å²) in [6.07, 6.45) is 3.83. The van der Waals surface area contributed by atoms with E-state index in [0.717, 1.165) is 12.8 Å². The quantitative estimate of drug-likeness (QED) is 0.639. The standard InChI is InChI=1S/C12H23N5O/c1-9(2)10(5-6-13)3-4-12(18)14-7-11-15-8-16-17-11/h8-10H,3-7,13H2,1-2H3,(H,14,18)(H,15,16,17). The van der Waals surface area contributed by atoms with E-state index in [4.69, 9.17) is 5.73 Å². The molecule has 1 unspecified atom stereocenters. The number of carbonyl (C=O) groups is 1. The number of hydrogen-bond donors (Lipinski definition) is 3. The molecule has 0 bridgehead atoms. The first-order valence-corrected chi connectivity index (χ1v) is 6.44. The van der Waals surface area contributed by atoms with E-state index in [9.17, 15) is 4.79 Å². The Morgan fingerprint density at radius 2 is 2.28 bits per heavy atom. The molecule has 6 heteroatoms. The maximum atomic E-state index is 11.7. The third-order valence-electron chi connectivity index (χ3n) is 3.14. The monoisotopic (exact) mass is 253 g/mol. The van der Waals surface area contributed by atoms with Crippen molar-refractivity contribution in [2.24, 2.45) is 17.6 Å². The van der Waals surface area contributed by atoms with E-state index in [-0.39, 0.29) is 5.91 Å². The zero-order valence-electron chi connectivity index (χ0n) is 11.1. The third kappa shape index (κ3) is 5.27. The van der Waals surface area contributed by atoms with Crippen LogP contribution in [0.15, 0.2) is 6.33 Å². The molecule has 0 fully saturated rings. The Labute approximate surface area is 108 Å². The second-order valence-electron chi connectivity index (χ2n) is 4.83. The van der Waals surface area contributed by atoms with Gasteiger partial charge in [-0.2, -0.15) is 5.10 Å². The second-order valence-corrected chi connectivity index (χ2v) is 4.83. The summed E-state index contributed by atoms with van der Waals surface area (Å²) < 4.78 is 0. The molecule has 4 N–H and O–H groups in total. The molecule has 1 heterocycles. The average molecular weight is 253 g/mol. The van der Waals surface area contributed by atoms with Crippen molar-refractivity contribution in [2.45, 2.75) is 39.7 Å². The number of nitrogens with one attached hydrogen (secondary N) is 2. The number of H-pyrrole nitrogens is 1. The summed E-state index contributed by atoms with van der Waals surface area (Å²) in [5.74, 6) is 1.81. The molecule has 1 atom stereocenters. The van der Waals surface area contributed by atoms with Crippen LogP contribution < -0.4 is 11.1 Å². The van der Waals surface area contributed by atoms with Crippen LogP contribution in [0.4, 0.5) is 0 Å². The van der Waals surface area contributed by atoms with Crippen molar-refractivity contribution in [3.05, 3.63) is 12.2 Å². The zero-order chi connectivity index (χ0) is 13.4. The highest BCUT2D eigenvalue weighted by Crippen LogP contribution is 2.20. The van der Waals surface area contributed by atoms with Crippen molar-refractivity contribution in [2.75, 3.05) is 6.54 Å². The van der Waals surface area contributed by atoms with Gasteiger partial charge in [0.1, 0.15) is 12.2 Å². The van der Waals surface area contributed by atoms with Gasteiger partial charge in [0.2, 0.25) is 5.91 Å². The Bertz CT molecular complexity index is 336. The van der Waals surface area contributed by atoms with Gasteiger partial charge in [-0.25, -0.2) is 4.98 Å². The average Bonchev–Trinajstić information content (AvgIpc) is 2.84. The number of amides is 1. The third-order valence-corrected chi connectivity index (χ3v) is 3.14. The van der Waals surface area contributed by atoms with Crippen molar-refractivity contribution < 1.29 is 4.79 Å². The van der Waals surface area contributed by atoms with Crippen molar-refractivity contribution in [3.63, 3.8) is 0 Å². The van der Waals surface area contributed by atoms with Gasteiger partial charge in [-0.15, -0.1) is 0 Å². The molecule has 1 aromatic rings. The lowest BCUT2D eigenvalue weighted by molar-refractivity contribution is -0.121. The fourth-order valence-corrected chi connectivity index (χ4v) is 1.93. The van der Waals surface area contributed by atoms with Crippen LogP contribution >= 0.6 is 0 Å². The number of aromatic nitrogens is 3. The van der Waals surface area contributed by atoms with Crippen LogP contribution in [0.25, 0.3) is 0 Å². The van der Waals surface area contributed by atoms with Gasteiger partial charge in [0, 0.05) is 6.42 Å². The van der Waals surface area contributed by atoms with Crippen molar-refractivity contribution >= 4 is 5.91 Å². The molecular formula is C12H23N5O. The normalized spacial score (nSPS) is 12.7. The minimum atomic E-state index is 0.0501. The first-order valence-electron chi connectivity index (χ1n) is 6.44. The molecule has 0 saturated carbocycles. The van der Waals surface area contributed by atoms with E-state index in [1.54, 1.807) is 0 Å². The Morgan fingerprint density at radius 1 is 1.50 bits per heavy atom. The molecule has 1 amide bonds. The number of hydrogen-bond acceptors (Lipinski definition) is 4. The van der Waals surface area contributed by atoms with Crippen LogP contribution in [0.5, 0.6) is 0 Å². The van der Waals surface area contributed by atoms with E-state index in [1.165, 1.54) is 6.33 Å². The highest BCUT2D eigenvalue weighted by molar-refractivity contribution is 5.75. The van der Waals surface area contributed by atoms with Gasteiger partial charge in [0.05, 0.1) is 6.54 Å². The zero-order valence-corrected chi connectivity index (χ0v) is 11.1. The topological polar surface area (TPSA) is 96.7 Å². The molecule has 6 nitrogen and oxygen atoms in total. The van der Waals surface area contributed by atoms with Crippen LogP contribution in [-0.2, 0) is 11.3 Å². The molecule has 18 heavy (non-hydrogen) atoms. The molecule has 0 aliphatic rings. The van der Waals surface area contributed by atoms with E-state index in [0.29, 0.717) is 37.2 Å². The Hall–Kier alpha value is -1.43. The summed E-state index contributed by atoms with van der Waals surface area (Å²) in [7, 11) is 0. The van der Waals surface area contributed by atoms with E-state index < -0.39 is 0 Å². The van der Waals surface area contributed by atoms with E-state index >= 15 is 0 Å². The van der Waals surface area contributed by atoms with E-state index in [2.05, 4.69) is 34.3 Å². The molecule has 0 aromatic carbocycles. The van der Waals surface area contributed by atoms with E-state index in [1.807, 2.05) is 0 Å². The molecule has 1 aromatic heterocycles. The molecule has 102 valence electrons. The fourth-order valence-electron chi connectivity index (χ4n) is 1.93. The molecule has 0 saturated heterocycles. The second kappa shape index (κ2) is 7.81. The van der Waals surface area contributed by atoms with Crippen LogP contribution in [-0.4, -0.2) is 27.6 Å². The van der Waals surface area contributed by atoms with Crippen LogP contribution in [0, 0.1) is 11.8 Å². The fraction of sp³-hybridized carbons (Fsp3) is 0.750. The Kier molecular flexibility index (Phi) is 6.35. The van der Waals surface area contributed by atoms with Gasteiger partial charge in [0.25, 0.3) is 0 Å². The van der Waals surface area contributed by atoms with Gasteiger partial charge in [-0.3, -0.25) is 9.89 Å². The van der Waals surface area contributed by atoms with Crippen molar-refractivity contribution in [3.8, 4) is 0 Å². The highest BCUT2D eigenvalue weighted by atomic mass is 16.1. The lowest BCUT2D eigenvalue weighted by Gasteiger charge is -2.19. The number of nitrogens with two attached hydrogens (primary N) is 1. The molecule has 0 aliphatic heterocycles. The summed E-state index contributed by atoms with van der Waals surface area (Å²) in [5, 5.41) is 9.24. The predicted molar refractivity (Wildman–Crippen MR) is 69.5 cm³/mol. The smallest absolute Gasteiger partial charge is 0.220 e. The largest absolute Gasteiger partial charge is 0.349 e.